The quantitative estimate of drug-likeness (QED) is 0.779. The van der Waals surface area contributed by atoms with E-state index in [1.165, 1.54) is 6.92 Å². The molecule has 0 unspecified atom stereocenters. The van der Waals surface area contributed by atoms with Gasteiger partial charge in [0, 0.05) is 5.69 Å². The highest BCUT2D eigenvalue weighted by Crippen LogP contribution is 2.25. The second-order valence-corrected chi connectivity index (χ2v) is 5.97. The lowest BCUT2D eigenvalue weighted by Crippen LogP contribution is -2.31. The van der Waals surface area contributed by atoms with E-state index in [-0.39, 0.29) is 18.4 Å². The van der Waals surface area contributed by atoms with Crippen molar-refractivity contribution in [2.24, 2.45) is 0 Å². The maximum atomic E-state index is 12.0. The van der Waals surface area contributed by atoms with Crippen LogP contribution in [-0.4, -0.2) is 24.6 Å². The van der Waals surface area contributed by atoms with Gasteiger partial charge in [-0.25, -0.2) is 4.79 Å². The van der Waals surface area contributed by atoms with Crippen LogP contribution in [-0.2, 0) is 14.3 Å². The Hall–Kier alpha value is -2.82. The highest BCUT2D eigenvalue weighted by atomic mass is 16.6. The van der Waals surface area contributed by atoms with E-state index in [9.17, 15) is 9.59 Å². The van der Waals surface area contributed by atoms with Crippen molar-refractivity contribution in [2.75, 3.05) is 11.9 Å². The molecule has 0 spiro atoms. The van der Waals surface area contributed by atoms with Crippen molar-refractivity contribution >= 4 is 17.6 Å². The van der Waals surface area contributed by atoms with Crippen LogP contribution in [0.5, 0.6) is 5.75 Å². The minimum absolute atomic E-state index is 0.243. The van der Waals surface area contributed by atoms with Crippen LogP contribution < -0.4 is 10.1 Å². The summed E-state index contributed by atoms with van der Waals surface area (Å²) in [4.78, 5) is 24.0. The molecule has 0 bridgehead atoms. The molecule has 1 atom stereocenters. The fourth-order valence-electron chi connectivity index (χ4n) is 2.28. The Kier molecular flexibility index (Phi) is 6.57. The minimum atomic E-state index is -0.906. The Labute approximate surface area is 148 Å². The molecule has 1 N–H and O–H groups in total. The van der Waals surface area contributed by atoms with Crippen LogP contribution in [0.25, 0.3) is 0 Å². The number of carbonyl (C=O) groups is 2. The number of anilines is 1. The fraction of sp³-hybridized carbons (Fsp3) is 0.300. The number of ether oxygens (including phenoxy) is 2. The van der Waals surface area contributed by atoms with Gasteiger partial charge in [0.05, 0.1) is 0 Å². The van der Waals surface area contributed by atoms with Gasteiger partial charge in [0.1, 0.15) is 5.75 Å². The second-order valence-electron chi connectivity index (χ2n) is 5.97. The third-order valence-corrected chi connectivity index (χ3v) is 3.61. The lowest BCUT2D eigenvalue weighted by molar-refractivity contribution is -0.155. The first kappa shape index (κ1) is 18.5. The van der Waals surface area contributed by atoms with Gasteiger partial charge >= 0.3 is 5.97 Å². The van der Waals surface area contributed by atoms with Gasteiger partial charge in [-0.3, -0.25) is 4.79 Å². The van der Waals surface area contributed by atoms with E-state index in [4.69, 9.17) is 9.47 Å². The number of nitrogens with one attached hydrogen (secondary N) is 1. The van der Waals surface area contributed by atoms with E-state index in [0.717, 1.165) is 5.56 Å². The number of benzene rings is 2. The molecule has 0 aliphatic rings. The summed E-state index contributed by atoms with van der Waals surface area (Å²) in [6, 6.07) is 16.6. The van der Waals surface area contributed by atoms with E-state index < -0.39 is 12.1 Å². The van der Waals surface area contributed by atoms with Gasteiger partial charge < -0.3 is 14.8 Å². The zero-order valence-electron chi connectivity index (χ0n) is 14.7. The van der Waals surface area contributed by atoms with E-state index in [0.29, 0.717) is 11.4 Å². The normalized spacial score (nSPS) is 11.7. The topological polar surface area (TPSA) is 64.6 Å². The number of carbonyl (C=O) groups excluding carboxylic acids is 2. The van der Waals surface area contributed by atoms with Gasteiger partial charge in [-0.15, -0.1) is 0 Å². The number of para-hydroxylation sites is 2. The van der Waals surface area contributed by atoms with Crippen molar-refractivity contribution in [3.63, 3.8) is 0 Å². The number of hydrogen-bond acceptors (Lipinski definition) is 4. The monoisotopic (exact) mass is 341 g/mol. The molecule has 0 saturated heterocycles. The minimum Gasteiger partial charge on any atom is -0.482 e. The van der Waals surface area contributed by atoms with Gasteiger partial charge in [0.2, 0.25) is 0 Å². The Morgan fingerprint density at radius 3 is 2.28 bits per heavy atom. The number of rotatable bonds is 7. The summed E-state index contributed by atoms with van der Waals surface area (Å²) in [5.41, 5.74) is 1.67. The Morgan fingerprint density at radius 2 is 1.60 bits per heavy atom. The fourth-order valence-corrected chi connectivity index (χ4v) is 2.28. The number of esters is 1. The predicted octanol–water partition coefficient (Wildman–Crippen LogP) is 3.76. The summed E-state index contributed by atoms with van der Waals surface area (Å²) in [5.74, 6) is -0.0463. The standard InChI is InChI=1S/C20H23NO4/c1-14(2)17-11-7-8-12-18(17)24-13-19(22)25-15(3)20(23)21-16-9-5-4-6-10-16/h4-12,14-15H,13H2,1-3H3,(H,21,23)/t15-/m0/s1. The van der Waals surface area contributed by atoms with Gasteiger partial charge in [-0.1, -0.05) is 50.2 Å². The molecule has 0 heterocycles. The molecule has 25 heavy (non-hydrogen) atoms. The highest BCUT2D eigenvalue weighted by Gasteiger charge is 2.18. The summed E-state index contributed by atoms with van der Waals surface area (Å²) >= 11 is 0. The molecule has 132 valence electrons. The van der Waals surface area contributed by atoms with Gasteiger partial charge in [-0.2, -0.15) is 0 Å². The first-order valence-electron chi connectivity index (χ1n) is 8.24. The van der Waals surface area contributed by atoms with Crippen molar-refractivity contribution in [3.8, 4) is 5.75 Å². The van der Waals surface area contributed by atoms with Crippen LogP contribution in [0.2, 0.25) is 0 Å². The summed E-state index contributed by atoms with van der Waals surface area (Å²) in [6.07, 6.45) is -0.906. The van der Waals surface area contributed by atoms with E-state index in [2.05, 4.69) is 19.2 Å². The third kappa shape index (κ3) is 5.64. The molecular weight excluding hydrogens is 318 g/mol. The van der Waals surface area contributed by atoms with E-state index in [1.54, 1.807) is 12.1 Å². The maximum Gasteiger partial charge on any atom is 0.344 e. The van der Waals surface area contributed by atoms with Gasteiger partial charge in [-0.05, 0) is 36.6 Å². The molecule has 0 aromatic heterocycles. The Morgan fingerprint density at radius 1 is 0.960 bits per heavy atom. The molecule has 5 nitrogen and oxygen atoms in total. The first-order valence-corrected chi connectivity index (χ1v) is 8.24. The third-order valence-electron chi connectivity index (χ3n) is 3.61. The van der Waals surface area contributed by atoms with Crippen LogP contribution in [0.4, 0.5) is 5.69 Å². The zero-order valence-corrected chi connectivity index (χ0v) is 14.7. The molecule has 0 fully saturated rings. The van der Waals surface area contributed by atoms with Crippen molar-refractivity contribution in [3.05, 3.63) is 60.2 Å². The smallest absolute Gasteiger partial charge is 0.344 e. The zero-order chi connectivity index (χ0) is 18.2. The van der Waals surface area contributed by atoms with Crippen LogP contribution in [0.15, 0.2) is 54.6 Å². The van der Waals surface area contributed by atoms with Crippen molar-refractivity contribution in [2.45, 2.75) is 32.8 Å². The summed E-state index contributed by atoms with van der Waals surface area (Å²) in [5, 5.41) is 2.69. The predicted molar refractivity (Wildman–Crippen MR) is 96.7 cm³/mol. The van der Waals surface area contributed by atoms with Crippen LogP contribution in [0, 0.1) is 0 Å². The lowest BCUT2D eigenvalue weighted by atomic mass is 10.0. The van der Waals surface area contributed by atoms with Crippen molar-refractivity contribution in [1.29, 1.82) is 0 Å². The van der Waals surface area contributed by atoms with Gasteiger partial charge in [0.25, 0.3) is 5.91 Å². The molecule has 0 aliphatic heterocycles. The van der Waals surface area contributed by atoms with Crippen LogP contribution >= 0.6 is 0 Å². The summed E-state index contributed by atoms with van der Waals surface area (Å²) < 4.78 is 10.7. The molecule has 0 radical (unpaired) electrons. The molecule has 2 aromatic rings. The van der Waals surface area contributed by atoms with Crippen LogP contribution in [0.1, 0.15) is 32.3 Å². The van der Waals surface area contributed by atoms with Gasteiger partial charge in [0.15, 0.2) is 12.7 Å². The first-order chi connectivity index (χ1) is 12.0. The Balaban J connectivity index is 1.84. The largest absolute Gasteiger partial charge is 0.482 e. The summed E-state index contributed by atoms with van der Waals surface area (Å²) in [7, 11) is 0. The van der Waals surface area contributed by atoms with E-state index in [1.807, 2.05) is 42.5 Å². The summed E-state index contributed by atoms with van der Waals surface area (Å²) in [6.45, 7) is 5.39. The average Bonchev–Trinajstić information content (AvgIpc) is 2.61. The Bertz CT molecular complexity index is 713. The molecular formula is C20H23NO4. The highest BCUT2D eigenvalue weighted by molar-refractivity contribution is 5.95. The molecule has 2 aromatic carbocycles. The molecule has 1 amide bonds. The number of hydrogen-bond donors (Lipinski definition) is 1. The number of amides is 1. The molecule has 2 rings (SSSR count). The second kappa shape index (κ2) is 8.87. The molecule has 0 aliphatic carbocycles. The molecule has 0 saturated carbocycles. The van der Waals surface area contributed by atoms with Crippen molar-refractivity contribution in [1.82, 2.24) is 0 Å². The SMILES string of the molecule is CC(C)c1ccccc1OCC(=O)O[C@@H](C)C(=O)Nc1ccccc1. The average molecular weight is 341 g/mol. The maximum absolute atomic E-state index is 12.0. The van der Waals surface area contributed by atoms with E-state index >= 15 is 0 Å². The van der Waals surface area contributed by atoms with Crippen molar-refractivity contribution < 1.29 is 19.1 Å². The lowest BCUT2D eigenvalue weighted by Gasteiger charge is -2.16. The molecule has 5 heteroatoms. The van der Waals surface area contributed by atoms with Crippen LogP contribution in [0.3, 0.4) is 0 Å².